The molecule has 1 aliphatic rings. The zero-order valence-corrected chi connectivity index (χ0v) is 39.5. The fourth-order valence-corrected chi connectivity index (χ4v) is 11.4. The van der Waals surface area contributed by atoms with Gasteiger partial charge in [-0.2, -0.15) is 0 Å². The van der Waals surface area contributed by atoms with Crippen LogP contribution in [0, 0.1) is 5.92 Å². The van der Waals surface area contributed by atoms with E-state index in [1.54, 1.807) is 0 Å². The lowest BCUT2D eigenvalue weighted by atomic mass is 9.82. The molecule has 0 amide bonds. The summed E-state index contributed by atoms with van der Waals surface area (Å²) in [4.78, 5) is 2.59. The third-order valence-electron chi connectivity index (χ3n) is 14.7. The van der Waals surface area contributed by atoms with Gasteiger partial charge >= 0.3 is 0 Å². The molecule has 0 fully saturated rings. The van der Waals surface area contributed by atoms with E-state index in [1.807, 2.05) is 0 Å². The topological polar surface area (TPSA) is 8.17 Å². The van der Waals surface area contributed by atoms with Crippen molar-refractivity contribution in [2.45, 2.75) is 12.8 Å². The zero-order valence-electron chi connectivity index (χ0n) is 39.5. The Balaban J connectivity index is 1.11. The lowest BCUT2D eigenvalue weighted by Crippen LogP contribution is -2.17. The van der Waals surface area contributed by atoms with E-state index in [0.29, 0.717) is 0 Å². The molecule has 1 aromatic heterocycles. The summed E-state index contributed by atoms with van der Waals surface area (Å²) in [7, 11) is 0. The molecule has 0 bridgehead atoms. The number of para-hydroxylation sites is 4. The Kier molecular flexibility index (Phi) is 10.6. The number of rotatable bonds is 9. The average molecular weight is 907 g/mol. The summed E-state index contributed by atoms with van der Waals surface area (Å²) in [5, 5.41) is 7.36. The molecule has 0 radical (unpaired) electrons. The fraction of sp³-hybridized carbons (Fsp3) is 0.0435. The monoisotopic (exact) mass is 906 g/mol. The second kappa shape index (κ2) is 17.8. The first-order chi connectivity index (χ1) is 35.2. The molecule has 11 aromatic carbocycles. The van der Waals surface area contributed by atoms with Crippen molar-refractivity contribution in [2.24, 2.45) is 5.92 Å². The number of allylic oxidation sites excluding steroid dienone is 4. The minimum Gasteiger partial charge on any atom is -0.309 e. The molecule has 2 heteroatoms. The first-order valence-corrected chi connectivity index (χ1v) is 24.8. The van der Waals surface area contributed by atoms with Gasteiger partial charge in [-0.25, -0.2) is 0 Å². The Morgan fingerprint density at radius 2 is 0.915 bits per heavy atom. The molecule has 71 heavy (non-hydrogen) atoms. The predicted octanol–water partition coefficient (Wildman–Crippen LogP) is 19.1. The van der Waals surface area contributed by atoms with E-state index in [1.165, 1.54) is 76.7 Å². The molecule has 0 spiro atoms. The number of nitrogens with zero attached hydrogens (tertiary/aromatic N) is 2. The maximum absolute atomic E-state index is 2.59. The first-order valence-electron chi connectivity index (χ1n) is 24.8. The highest BCUT2D eigenvalue weighted by Gasteiger charge is 2.28. The number of hydrogen-bond donors (Lipinski definition) is 0. The van der Waals surface area contributed by atoms with Gasteiger partial charge in [0.2, 0.25) is 0 Å². The molecule has 2 nitrogen and oxygen atoms in total. The van der Waals surface area contributed by atoms with Gasteiger partial charge in [-0.15, -0.1) is 0 Å². The molecule has 336 valence electrons. The van der Waals surface area contributed by atoms with Crippen molar-refractivity contribution in [1.29, 1.82) is 0 Å². The van der Waals surface area contributed by atoms with Gasteiger partial charge in [-0.05, 0) is 115 Å². The van der Waals surface area contributed by atoms with Gasteiger partial charge in [-0.1, -0.05) is 231 Å². The van der Waals surface area contributed by atoms with Crippen LogP contribution in [0.15, 0.2) is 273 Å². The Labute approximate surface area is 415 Å². The number of fused-ring (bicyclic) bond motifs is 5. The summed E-state index contributed by atoms with van der Waals surface area (Å²) in [6.45, 7) is 2.35. The van der Waals surface area contributed by atoms with Crippen LogP contribution in [0.2, 0.25) is 0 Å². The highest BCUT2D eigenvalue weighted by molar-refractivity contribution is 6.12. The maximum atomic E-state index is 2.59. The van der Waals surface area contributed by atoms with Gasteiger partial charge in [0.25, 0.3) is 0 Å². The first kappa shape index (κ1) is 42.1. The van der Waals surface area contributed by atoms with E-state index in [9.17, 15) is 0 Å². The smallest absolute Gasteiger partial charge is 0.0541 e. The number of benzene rings is 11. The summed E-state index contributed by atoms with van der Waals surface area (Å²) < 4.78 is 2.40. The lowest BCUT2D eigenvalue weighted by Gasteiger charge is -2.34. The molecular formula is C69H50N2. The largest absolute Gasteiger partial charge is 0.309 e. The second-order valence-electron chi connectivity index (χ2n) is 18.8. The Morgan fingerprint density at radius 1 is 0.352 bits per heavy atom. The van der Waals surface area contributed by atoms with Crippen LogP contribution in [0.5, 0.6) is 0 Å². The van der Waals surface area contributed by atoms with Crippen LogP contribution in [-0.4, -0.2) is 4.57 Å². The number of anilines is 3. The van der Waals surface area contributed by atoms with Crippen molar-refractivity contribution in [3.05, 3.63) is 279 Å². The van der Waals surface area contributed by atoms with Crippen LogP contribution in [0.1, 0.15) is 18.4 Å². The predicted molar refractivity (Wildman–Crippen MR) is 302 cm³/mol. The van der Waals surface area contributed by atoms with Crippen molar-refractivity contribution in [3.8, 4) is 50.2 Å². The third-order valence-corrected chi connectivity index (χ3v) is 14.7. The SMILES string of the molecule is CC1C=CC=CC1c1ccc(-c2cccc3ccccc23)cc1N(c1ccccc1-c1ccc2c(c1)c1ccccc1n2-c1ccccc1)c1ccccc1-c1cccc2cccc(-c3ccccc3)c12. The minimum atomic E-state index is 0.140. The summed E-state index contributed by atoms with van der Waals surface area (Å²) >= 11 is 0. The molecule has 13 rings (SSSR count). The molecule has 0 saturated carbocycles. The lowest BCUT2D eigenvalue weighted by molar-refractivity contribution is 0.636. The van der Waals surface area contributed by atoms with Crippen molar-refractivity contribution in [3.63, 3.8) is 0 Å². The highest BCUT2D eigenvalue weighted by Crippen LogP contribution is 2.51. The van der Waals surface area contributed by atoms with Crippen LogP contribution in [-0.2, 0) is 0 Å². The van der Waals surface area contributed by atoms with E-state index in [4.69, 9.17) is 0 Å². The molecule has 2 unspecified atom stereocenters. The summed E-state index contributed by atoms with van der Waals surface area (Å²) in [5.74, 6) is 0.423. The molecule has 1 aliphatic carbocycles. The standard InChI is InChI=1S/C69H50N2/c1-47-21-8-10-30-54(47)61-43-41-52(56-35-18-25-48-24-9-11-31-55(48)56)46-68(61)71(66-40-17-13-33-59(66)62-37-20-27-50-26-19-36-58(69(50)62)49-22-4-2-5-23-49)64-38-15-12-32-57(64)51-42-44-67-63(45-51)60-34-14-16-39-65(60)70(67)53-28-6-3-7-29-53/h2-47,54H,1H3. The normalized spacial score (nSPS) is 14.4. The van der Waals surface area contributed by atoms with E-state index in [2.05, 4.69) is 289 Å². The summed E-state index contributed by atoms with van der Waals surface area (Å²) in [6, 6.07) is 91.8. The van der Waals surface area contributed by atoms with Crippen LogP contribution < -0.4 is 4.90 Å². The molecule has 0 saturated heterocycles. The third kappa shape index (κ3) is 7.35. The van der Waals surface area contributed by atoms with E-state index < -0.39 is 0 Å². The van der Waals surface area contributed by atoms with E-state index in [0.717, 1.165) is 39.4 Å². The van der Waals surface area contributed by atoms with Crippen LogP contribution in [0.25, 0.3) is 93.5 Å². The quantitative estimate of drug-likeness (QED) is 0.140. The van der Waals surface area contributed by atoms with Gasteiger partial charge in [0.05, 0.1) is 28.1 Å². The molecule has 12 aromatic rings. The second-order valence-corrected chi connectivity index (χ2v) is 18.8. The van der Waals surface area contributed by atoms with Gasteiger partial charge < -0.3 is 9.47 Å². The van der Waals surface area contributed by atoms with Gasteiger partial charge in [0, 0.05) is 33.5 Å². The van der Waals surface area contributed by atoms with Crippen LogP contribution in [0.4, 0.5) is 17.1 Å². The zero-order chi connectivity index (χ0) is 47.3. The number of hydrogen-bond acceptors (Lipinski definition) is 1. The molecular weight excluding hydrogens is 857 g/mol. The van der Waals surface area contributed by atoms with Crippen LogP contribution >= 0.6 is 0 Å². The van der Waals surface area contributed by atoms with Crippen molar-refractivity contribution >= 4 is 60.4 Å². The van der Waals surface area contributed by atoms with Gasteiger partial charge in [0.1, 0.15) is 0 Å². The van der Waals surface area contributed by atoms with Crippen molar-refractivity contribution in [1.82, 2.24) is 4.57 Å². The minimum absolute atomic E-state index is 0.140. The number of aromatic nitrogens is 1. The fourth-order valence-electron chi connectivity index (χ4n) is 11.4. The summed E-state index contributed by atoms with van der Waals surface area (Å²) in [5.41, 5.74) is 17.6. The molecule has 2 atom stereocenters. The van der Waals surface area contributed by atoms with E-state index >= 15 is 0 Å². The van der Waals surface area contributed by atoms with Crippen LogP contribution in [0.3, 0.4) is 0 Å². The van der Waals surface area contributed by atoms with Gasteiger partial charge in [-0.3, -0.25) is 0 Å². The Bertz CT molecular complexity index is 4010. The Morgan fingerprint density at radius 3 is 1.72 bits per heavy atom. The molecule has 1 heterocycles. The van der Waals surface area contributed by atoms with Crippen molar-refractivity contribution in [2.75, 3.05) is 4.90 Å². The molecule has 0 aliphatic heterocycles. The highest BCUT2D eigenvalue weighted by atomic mass is 15.2. The maximum Gasteiger partial charge on any atom is 0.0541 e. The average Bonchev–Trinajstić information content (AvgIpc) is 3.77. The Hall–Kier alpha value is -8.98. The van der Waals surface area contributed by atoms with Crippen molar-refractivity contribution < 1.29 is 0 Å². The molecule has 0 N–H and O–H groups in total. The van der Waals surface area contributed by atoms with Gasteiger partial charge in [0.15, 0.2) is 0 Å². The summed E-state index contributed by atoms with van der Waals surface area (Å²) in [6.07, 6.45) is 9.16. The van der Waals surface area contributed by atoms with E-state index in [-0.39, 0.29) is 11.8 Å².